The number of phenols is 1. The molecule has 0 aromatic heterocycles. The fourth-order valence-corrected chi connectivity index (χ4v) is 2.69. The number of nitrogens with one attached hydrogen (secondary N) is 1. The number of ether oxygens (including phenoxy) is 2. The third-order valence-corrected chi connectivity index (χ3v) is 4.44. The lowest BCUT2D eigenvalue weighted by atomic mass is 10.1. The molecule has 0 amide bonds. The van der Waals surface area contributed by atoms with Crippen molar-refractivity contribution >= 4 is 11.7 Å². The van der Waals surface area contributed by atoms with E-state index in [2.05, 4.69) is 24.1 Å². The Labute approximate surface area is 160 Å². The topological polar surface area (TPSA) is 71.0 Å². The number of carbonyl (C=O) groups is 1. The van der Waals surface area contributed by atoms with Crippen molar-refractivity contribution in [3.05, 3.63) is 53.6 Å². The van der Waals surface area contributed by atoms with Crippen LogP contribution in [-0.4, -0.2) is 49.3 Å². The summed E-state index contributed by atoms with van der Waals surface area (Å²) in [7, 11) is 1.52. The van der Waals surface area contributed by atoms with E-state index in [9.17, 15) is 9.90 Å². The number of phenolic OH excluding ortho intramolecular Hbond substituents is 1. The number of anilines is 1. The van der Waals surface area contributed by atoms with Crippen molar-refractivity contribution in [2.45, 2.75) is 20.4 Å². The molecule has 0 aliphatic carbocycles. The van der Waals surface area contributed by atoms with Crippen LogP contribution < -0.4 is 10.1 Å². The molecule has 2 N–H and O–H groups in total. The van der Waals surface area contributed by atoms with Crippen molar-refractivity contribution in [3.63, 3.8) is 0 Å². The van der Waals surface area contributed by atoms with Gasteiger partial charge in [0.25, 0.3) is 0 Å². The maximum absolute atomic E-state index is 12.1. The normalized spacial score (nSPS) is 10.7. The Kier molecular flexibility index (Phi) is 7.95. The molecule has 6 heteroatoms. The minimum Gasteiger partial charge on any atom is -0.504 e. The second-order valence-corrected chi connectivity index (χ2v) is 6.06. The van der Waals surface area contributed by atoms with Crippen LogP contribution >= 0.6 is 0 Å². The Bertz CT molecular complexity index is 727. The molecule has 0 saturated heterocycles. The molecule has 6 nitrogen and oxygen atoms in total. The van der Waals surface area contributed by atoms with E-state index in [0.29, 0.717) is 24.5 Å². The molecule has 0 fully saturated rings. The number of rotatable bonds is 10. The van der Waals surface area contributed by atoms with Gasteiger partial charge >= 0.3 is 5.97 Å². The molecule has 0 radical (unpaired) electrons. The maximum Gasteiger partial charge on any atom is 0.338 e. The number of hydrogen-bond donors (Lipinski definition) is 2. The zero-order valence-corrected chi connectivity index (χ0v) is 16.2. The van der Waals surface area contributed by atoms with Crippen LogP contribution in [0.2, 0.25) is 0 Å². The van der Waals surface area contributed by atoms with Crippen LogP contribution in [-0.2, 0) is 11.3 Å². The fourth-order valence-electron chi connectivity index (χ4n) is 2.69. The largest absolute Gasteiger partial charge is 0.504 e. The zero-order valence-electron chi connectivity index (χ0n) is 16.2. The van der Waals surface area contributed by atoms with Crippen molar-refractivity contribution in [2.75, 3.05) is 38.7 Å². The summed E-state index contributed by atoms with van der Waals surface area (Å²) >= 11 is 0. The number of likely N-dealkylation sites (N-methyl/N-ethyl adjacent to an activating group) is 1. The predicted octanol–water partition coefficient (Wildman–Crippen LogP) is 3.51. The third-order valence-electron chi connectivity index (χ3n) is 4.44. The smallest absolute Gasteiger partial charge is 0.338 e. The van der Waals surface area contributed by atoms with Crippen LogP contribution in [0.4, 0.5) is 5.69 Å². The molecule has 2 rings (SSSR count). The Morgan fingerprint density at radius 3 is 2.44 bits per heavy atom. The Morgan fingerprint density at radius 2 is 1.81 bits per heavy atom. The summed E-state index contributed by atoms with van der Waals surface area (Å²) in [6.07, 6.45) is 0. The molecule has 0 aliphatic heterocycles. The third kappa shape index (κ3) is 5.89. The second-order valence-electron chi connectivity index (χ2n) is 6.06. The van der Waals surface area contributed by atoms with Gasteiger partial charge in [0.05, 0.1) is 12.7 Å². The van der Waals surface area contributed by atoms with Gasteiger partial charge in [-0.05, 0) is 43.4 Å². The first-order chi connectivity index (χ1) is 13.1. The Morgan fingerprint density at radius 1 is 1.11 bits per heavy atom. The first kappa shape index (κ1) is 20.6. The number of aromatic hydroxyl groups is 1. The van der Waals surface area contributed by atoms with Crippen molar-refractivity contribution in [1.29, 1.82) is 0 Å². The molecule has 0 aliphatic rings. The summed E-state index contributed by atoms with van der Waals surface area (Å²) in [6, 6.07) is 12.5. The highest BCUT2D eigenvalue weighted by Gasteiger charge is 2.09. The van der Waals surface area contributed by atoms with Crippen LogP contribution in [0.1, 0.15) is 29.8 Å². The van der Waals surface area contributed by atoms with E-state index in [1.165, 1.54) is 7.11 Å². The summed E-state index contributed by atoms with van der Waals surface area (Å²) in [5.74, 6) is 0.247. The molecule has 0 saturated carbocycles. The summed E-state index contributed by atoms with van der Waals surface area (Å²) in [5.41, 5.74) is 2.09. The van der Waals surface area contributed by atoms with E-state index < -0.39 is 0 Å². The maximum atomic E-state index is 12.1. The summed E-state index contributed by atoms with van der Waals surface area (Å²) in [4.78, 5) is 14.3. The minimum atomic E-state index is -0.320. The highest BCUT2D eigenvalue weighted by atomic mass is 16.5. The van der Waals surface area contributed by atoms with Crippen LogP contribution in [0.25, 0.3) is 0 Å². The molecule has 2 aromatic carbocycles. The first-order valence-corrected chi connectivity index (χ1v) is 9.17. The van der Waals surface area contributed by atoms with Crippen molar-refractivity contribution in [1.82, 2.24) is 4.90 Å². The van der Waals surface area contributed by atoms with Gasteiger partial charge in [0.15, 0.2) is 11.5 Å². The number of methoxy groups -OCH3 is 1. The van der Waals surface area contributed by atoms with E-state index in [1.807, 2.05) is 24.3 Å². The Balaban J connectivity index is 1.87. The quantitative estimate of drug-likeness (QED) is 0.622. The first-order valence-electron chi connectivity index (χ1n) is 9.17. The average Bonchev–Trinajstić information content (AvgIpc) is 2.70. The van der Waals surface area contributed by atoms with Crippen LogP contribution in [0.3, 0.4) is 0 Å². The van der Waals surface area contributed by atoms with Gasteiger partial charge < -0.3 is 24.8 Å². The van der Waals surface area contributed by atoms with Crippen molar-refractivity contribution in [2.24, 2.45) is 0 Å². The van der Waals surface area contributed by atoms with Gasteiger partial charge in [0.1, 0.15) is 6.61 Å². The van der Waals surface area contributed by atoms with Crippen LogP contribution in [0.15, 0.2) is 42.5 Å². The van der Waals surface area contributed by atoms with Gasteiger partial charge in [0.2, 0.25) is 0 Å². The number of nitrogens with zero attached hydrogens (tertiary/aromatic N) is 1. The average molecular weight is 372 g/mol. The number of benzene rings is 2. The summed E-state index contributed by atoms with van der Waals surface area (Å²) in [6.45, 7) is 7.62. The van der Waals surface area contributed by atoms with Crippen LogP contribution in [0, 0.1) is 0 Å². The van der Waals surface area contributed by atoms with Gasteiger partial charge in [-0.3, -0.25) is 0 Å². The van der Waals surface area contributed by atoms with Gasteiger partial charge in [0, 0.05) is 24.3 Å². The molecule has 146 valence electrons. The van der Waals surface area contributed by atoms with Gasteiger partial charge in [-0.15, -0.1) is 0 Å². The molecular weight excluding hydrogens is 344 g/mol. The minimum absolute atomic E-state index is 0.126. The van der Waals surface area contributed by atoms with Crippen molar-refractivity contribution < 1.29 is 19.4 Å². The lowest BCUT2D eigenvalue weighted by Crippen LogP contribution is -2.27. The van der Waals surface area contributed by atoms with E-state index in [-0.39, 0.29) is 11.7 Å². The fraction of sp³-hybridized carbons (Fsp3) is 0.381. The van der Waals surface area contributed by atoms with Gasteiger partial charge in [-0.2, -0.15) is 0 Å². The number of carbonyl (C=O) groups excluding carboxylic acids is 1. The van der Waals surface area contributed by atoms with Gasteiger partial charge in [-0.1, -0.05) is 26.0 Å². The number of para-hydroxylation sites is 1. The summed E-state index contributed by atoms with van der Waals surface area (Å²) < 4.78 is 10.4. The molecule has 0 spiro atoms. The van der Waals surface area contributed by atoms with Crippen LogP contribution in [0.5, 0.6) is 11.5 Å². The Hall–Kier alpha value is -2.73. The molecular formula is C21H28N2O4. The highest BCUT2D eigenvalue weighted by Crippen LogP contribution is 2.29. The molecule has 0 unspecified atom stereocenters. The molecule has 0 heterocycles. The van der Waals surface area contributed by atoms with Crippen molar-refractivity contribution in [3.8, 4) is 11.5 Å². The SMILES string of the molecule is CCN(CC)CCOC(=O)c1ccc(NCc2cccc(OC)c2O)cc1. The van der Waals surface area contributed by atoms with E-state index in [1.54, 1.807) is 18.2 Å². The highest BCUT2D eigenvalue weighted by molar-refractivity contribution is 5.89. The van der Waals surface area contributed by atoms with Gasteiger partial charge in [-0.25, -0.2) is 4.79 Å². The van der Waals surface area contributed by atoms with E-state index in [4.69, 9.17) is 9.47 Å². The second kappa shape index (κ2) is 10.4. The van der Waals surface area contributed by atoms with E-state index in [0.717, 1.165) is 30.9 Å². The molecule has 0 atom stereocenters. The van der Waals surface area contributed by atoms with E-state index >= 15 is 0 Å². The lowest BCUT2D eigenvalue weighted by molar-refractivity contribution is 0.0466. The zero-order chi connectivity index (χ0) is 19.6. The number of esters is 1. The standard InChI is InChI=1S/C21H28N2O4/c1-4-23(5-2)13-14-27-21(25)16-9-11-18(12-10-16)22-15-17-7-6-8-19(26-3)20(17)24/h6-12,22,24H,4-5,13-15H2,1-3H3. The number of hydrogen-bond acceptors (Lipinski definition) is 6. The summed E-state index contributed by atoms with van der Waals surface area (Å²) in [5, 5.41) is 13.3. The monoisotopic (exact) mass is 372 g/mol. The molecule has 0 bridgehead atoms. The molecule has 27 heavy (non-hydrogen) atoms. The lowest BCUT2D eigenvalue weighted by Gasteiger charge is -2.17. The molecule has 2 aromatic rings. The predicted molar refractivity (Wildman–Crippen MR) is 106 cm³/mol.